The maximum absolute atomic E-state index is 5.59. The zero-order chi connectivity index (χ0) is 12.3. The standard InChI is InChI=1S/C14H23NO2/c1-13(11-15-2)17-10-6-9-16-12-14-7-4-3-5-8-14/h3-5,7-8,13,15H,6,9-12H2,1-2H3. The molecule has 96 valence electrons. The number of likely N-dealkylation sites (N-methyl/N-ethyl adjacent to an activating group) is 1. The zero-order valence-electron chi connectivity index (χ0n) is 10.8. The van der Waals surface area contributed by atoms with Crippen molar-refractivity contribution in [1.29, 1.82) is 0 Å². The van der Waals surface area contributed by atoms with Crippen LogP contribution >= 0.6 is 0 Å². The van der Waals surface area contributed by atoms with Gasteiger partial charge in [-0.1, -0.05) is 30.3 Å². The van der Waals surface area contributed by atoms with Gasteiger partial charge in [-0.2, -0.15) is 0 Å². The first-order chi connectivity index (χ1) is 8.33. The van der Waals surface area contributed by atoms with Crippen molar-refractivity contribution in [3.05, 3.63) is 35.9 Å². The first-order valence-electron chi connectivity index (χ1n) is 6.21. The first kappa shape index (κ1) is 14.2. The van der Waals surface area contributed by atoms with Gasteiger partial charge in [-0.3, -0.25) is 0 Å². The summed E-state index contributed by atoms with van der Waals surface area (Å²) >= 11 is 0. The Morgan fingerprint density at radius 1 is 1.18 bits per heavy atom. The summed E-state index contributed by atoms with van der Waals surface area (Å²) in [6, 6.07) is 10.2. The van der Waals surface area contributed by atoms with E-state index in [0.717, 1.165) is 26.2 Å². The van der Waals surface area contributed by atoms with Crippen LogP contribution in [-0.2, 0) is 16.1 Å². The summed E-state index contributed by atoms with van der Waals surface area (Å²) in [5, 5.41) is 3.08. The van der Waals surface area contributed by atoms with E-state index < -0.39 is 0 Å². The van der Waals surface area contributed by atoms with Crippen LogP contribution in [0.3, 0.4) is 0 Å². The quantitative estimate of drug-likeness (QED) is 0.668. The number of nitrogens with one attached hydrogen (secondary N) is 1. The van der Waals surface area contributed by atoms with Crippen LogP contribution in [0.25, 0.3) is 0 Å². The second kappa shape index (κ2) is 9.16. The summed E-state index contributed by atoms with van der Waals surface area (Å²) < 4.78 is 11.2. The van der Waals surface area contributed by atoms with Crippen molar-refractivity contribution < 1.29 is 9.47 Å². The van der Waals surface area contributed by atoms with E-state index in [-0.39, 0.29) is 6.10 Å². The zero-order valence-corrected chi connectivity index (χ0v) is 10.8. The van der Waals surface area contributed by atoms with Crippen LogP contribution in [0.1, 0.15) is 18.9 Å². The molecule has 0 aliphatic rings. The van der Waals surface area contributed by atoms with E-state index in [2.05, 4.69) is 24.4 Å². The molecule has 3 nitrogen and oxygen atoms in total. The van der Waals surface area contributed by atoms with Crippen LogP contribution in [0.15, 0.2) is 30.3 Å². The van der Waals surface area contributed by atoms with Crippen molar-refractivity contribution in [1.82, 2.24) is 5.32 Å². The highest BCUT2D eigenvalue weighted by Crippen LogP contribution is 2.01. The van der Waals surface area contributed by atoms with Gasteiger partial charge in [0.05, 0.1) is 12.7 Å². The van der Waals surface area contributed by atoms with E-state index >= 15 is 0 Å². The third-order valence-corrected chi connectivity index (χ3v) is 2.44. The van der Waals surface area contributed by atoms with E-state index in [9.17, 15) is 0 Å². The lowest BCUT2D eigenvalue weighted by Gasteiger charge is -2.12. The molecular weight excluding hydrogens is 214 g/mol. The number of hydrogen-bond acceptors (Lipinski definition) is 3. The van der Waals surface area contributed by atoms with Gasteiger partial charge in [-0.25, -0.2) is 0 Å². The second-order valence-electron chi connectivity index (χ2n) is 4.13. The number of rotatable bonds is 9. The average molecular weight is 237 g/mol. The van der Waals surface area contributed by atoms with Gasteiger partial charge in [0.2, 0.25) is 0 Å². The molecule has 1 N–H and O–H groups in total. The summed E-state index contributed by atoms with van der Waals surface area (Å²) in [4.78, 5) is 0. The Balaban J connectivity index is 1.95. The predicted molar refractivity (Wildman–Crippen MR) is 70.1 cm³/mol. The molecule has 0 amide bonds. The van der Waals surface area contributed by atoms with Crippen molar-refractivity contribution in [2.45, 2.75) is 26.1 Å². The maximum Gasteiger partial charge on any atom is 0.0716 e. The van der Waals surface area contributed by atoms with Gasteiger partial charge in [0.15, 0.2) is 0 Å². The highest BCUT2D eigenvalue weighted by molar-refractivity contribution is 5.13. The van der Waals surface area contributed by atoms with Gasteiger partial charge in [-0.15, -0.1) is 0 Å². The summed E-state index contributed by atoms with van der Waals surface area (Å²) in [6.07, 6.45) is 1.22. The Hall–Kier alpha value is -0.900. The van der Waals surface area contributed by atoms with Crippen LogP contribution < -0.4 is 5.32 Å². The minimum absolute atomic E-state index is 0.272. The molecule has 0 saturated heterocycles. The van der Waals surface area contributed by atoms with E-state index in [0.29, 0.717) is 6.61 Å². The SMILES string of the molecule is CNCC(C)OCCCOCc1ccccc1. The van der Waals surface area contributed by atoms with Crippen molar-refractivity contribution in [2.75, 3.05) is 26.8 Å². The summed E-state index contributed by atoms with van der Waals surface area (Å²) in [5.74, 6) is 0. The number of hydrogen-bond donors (Lipinski definition) is 1. The molecule has 0 aliphatic heterocycles. The van der Waals surface area contributed by atoms with Gasteiger partial charge in [0.25, 0.3) is 0 Å². The molecule has 0 spiro atoms. The Morgan fingerprint density at radius 2 is 1.94 bits per heavy atom. The Morgan fingerprint density at radius 3 is 2.65 bits per heavy atom. The lowest BCUT2D eigenvalue weighted by atomic mass is 10.2. The van der Waals surface area contributed by atoms with Crippen molar-refractivity contribution in [2.24, 2.45) is 0 Å². The van der Waals surface area contributed by atoms with Gasteiger partial charge < -0.3 is 14.8 Å². The van der Waals surface area contributed by atoms with E-state index in [1.807, 2.05) is 25.2 Å². The normalized spacial score (nSPS) is 12.6. The van der Waals surface area contributed by atoms with E-state index in [1.165, 1.54) is 5.56 Å². The summed E-state index contributed by atoms with van der Waals surface area (Å²) in [7, 11) is 1.93. The van der Waals surface area contributed by atoms with Crippen LogP contribution in [0.2, 0.25) is 0 Å². The van der Waals surface area contributed by atoms with Crippen molar-refractivity contribution in [3.8, 4) is 0 Å². The van der Waals surface area contributed by atoms with Gasteiger partial charge in [0.1, 0.15) is 0 Å². The summed E-state index contributed by atoms with van der Waals surface area (Å²) in [5.41, 5.74) is 1.22. The summed E-state index contributed by atoms with van der Waals surface area (Å²) in [6.45, 7) is 5.16. The molecule has 1 unspecified atom stereocenters. The molecular formula is C14H23NO2. The largest absolute Gasteiger partial charge is 0.377 e. The molecule has 0 aromatic heterocycles. The lowest BCUT2D eigenvalue weighted by Crippen LogP contribution is -2.24. The van der Waals surface area contributed by atoms with Crippen molar-refractivity contribution in [3.63, 3.8) is 0 Å². The molecule has 0 saturated carbocycles. The molecule has 1 rings (SSSR count). The molecule has 0 heterocycles. The monoisotopic (exact) mass is 237 g/mol. The lowest BCUT2D eigenvalue weighted by molar-refractivity contribution is 0.0404. The first-order valence-corrected chi connectivity index (χ1v) is 6.21. The Bertz CT molecular complexity index is 277. The average Bonchev–Trinajstić information content (AvgIpc) is 2.35. The second-order valence-corrected chi connectivity index (χ2v) is 4.13. The minimum Gasteiger partial charge on any atom is -0.377 e. The highest BCUT2D eigenvalue weighted by atomic mass is 16.5. The Labute approximate surface area is 104 Å². The molecule has 0 bridgehead atoms. The molecule has 1 aromatic carbocycles. The Kier molecular flexibility index (Phi) is 7.63. The fourth-order valence-corrected chi connectivity index (χ4v) is 1.56. The van der Waals surface area contributed by atoms with E-state index in [1.54, 1.807) is 0 Å². The molecule has 1 atom stereocenters. The smallest absolute Gasteiger partial charge is 0.0716 e. The van der Waals surface area contributed by atoms with Crippen LogP contribution in [0.5, 0.6) is 0 Å². The molecule has 17 heavy (non-hydrogen) atoms. The minimum atomic E-state index is 0.272. The van der Waals surface area contributed by atoms with Crippen LogP contribution in [0, 0.1) is 0 Å². The van der Waals surface area contributed by atoms with Gasteiger partial charge in [0, 0.05) is 19.8 Å². The van der Waals surface area contributed by atoms with Crippen LogP contribution in [0.4, 0.5) is 0 Å². The fraction of sp³-hybridized carbons (Fsp3) is 0.571. The number of ether oxygens (including phenoxy) is 2. The van der Waals surface area contributed by atoms with Gasteiger partial charge >= 0.3 is 0 Å². The van der Waals surface area contributed by atoms with Crippen LogP contribution in [-0.4, -0.2) is 32.9 Å². The third-order valence-electron chi connectivity index (χ3n) is 2.44. The molecule has 0 aliphatic carbocycles. The third kappa shape index (κ3) is 7.10. The molecule has 3 heteroatoms. The highest BCUT2D eigenvalue weighted by Gasteiger charge is 1.99. The van der Waals surface area contributed by atoms with Crippen molar-refractivity contribution >= 4 is 0 Å². The topological polar surface area (TPSA) is 30.5 Å². The molecule has 0 radical (unpaired) electrons. The molecule has 1 aromatic rings. The van der Waals surface area contributed by atoms with Gasteiger partial charge in [-0.05, 0) is 26.0 Å². The van der Waals surface area contributed by atoms with E-state index in [4.69, 9.17) is 9.47 Å². The fourth-order valence-electron chi connectivity index (χ4n) is 1.56. The number of benzene rings is 1. The predicted octanol–water partition coefficient (Wildman–Crippen LogP) is 2.22. The maximum atomic E-state index is 5.59. The molecule has 0 fully saturated rings.